The first-order valence-corrected chi connectivity index (χ1v) is 9.34. The number of carbonyl (C=O) groups excluding carboxylic acids is 2. The highest BCUT2D eigenvalue weighted by molar-refractivity contribution is 6.01. The van der Waals surface area contributed by atoms with Gasteiger partial charge in [-0.3, -0.25) is 19.7 Å². The molecule has 1 saturated heterocycles. The molecule has 2 rings (SSSR count). The molecule has 1 aromatic carbocycles. The van der Waals surface area contributed by atoms with Crippen molar-refractivity contribution in [1.82, 2.24) is 0 Å². The van der Waals surface area contributed by atoms with E-state index in [4.69, 9.17) is 9.47 Å². The number of cyclic esters (lactones) is 2. The Balaban J connectivity index is 2.31. The molecule has 0 N–H and O–H groups in total. The first kappa shape index (κ1) is 20.9. The number of nitrogens with zero attached hydrogens (tertiary/aromatic N) is 1. The van der Waals surface area contributed by atoms with Gasteiger partial charge in [0.05, 0.1) is 0 Å². The SMILES string of the molecule is CCCC[C@@H](CC1(CCc2ccccc2)C(=O)OC(C)(C)OC1=O)[N+](=O)[O-]. The molecule has 0 saturated carbocycles. The molecule has 0 aromatic heterocycles. The van der Waals surface area contributed by atoms with Crippen LogP contribution in [-0.4, -0.2) is 28.7 Å². The number of unbranched alkanes of at least 4 members (excludes halogenated alkanes) is 1. The number of aryl methyl sites for hydroxylation is 1. The van der Waals surface area contributed by atoms with E-state index < -0.39 is 34.1 Å². The third kappa shape index (κ3) is 5.05. The van der Waals surface area contributed by atoms with Crippen molar-refractivity contribution in [2.45, 2.75) is 71.1 Å². The predicted molar refractivity (Wildman–Crippen MR) is 98.4 cm³/mol. The Labute approximate surface area is 159 Å². The van der Waals surface area contributed by atoms with E-state index in [1.165, 1.54) is 13.8 Å². The largest absolute Gasteiger partial charge is 0.422 e. The summed E-state index contributed by atoms with van der Waals surface area (Å²) >= 11 is 0. The molecule has 0 spiro atoms. The van der Waals surface area contributed by atoms with E-state index in [1.54, 1.807) is 0 Å². The van der Waals surface area contributed by atoms with Crippen LogP contribution in [0.2, 0.25) is 0 Å². The average molecular weight is 377 g/mol. The van der Waals surface area contributed by atoms with E-state index in [9.17, 15) is 19.7 Å². The van der Waals surface area contributed by atoms with Crippen LogP contribution in [-0.2, 0) is 25.5 Å². The summed E-state index contributed by atoms with van der Waals surface area (Å²) in [6, 6.07) is 8.38. The van der Waals surface area contributed by atoms with Gasteiger partial charge < -0.3 is 9.47 Å². The predicted octanol–water partition coefficient (Wildman–Crippen LogP) is 3.67. The zero-order valence-electron chi connectivity index (χ0n) is 16.1. The molecule has 7 nitrogen and oxygen atoms in total. The van der Waals surface area contributed by atoms with Gasteiger partial charge in [0.25, 0.3) is 5.79 Å². The number of hydrogen-bond acceptors (Lipinski definition) is 6. The maximum Gasteiger partial charge on any atom is 0.327 e. The van der Waals surface area contributed by atoms with E-state index in [2.05, 4.69) is 0 Å². The molecule has 0 unspecified atom stereocenters. The van der Waals surface area contributed by atoms with Crippen molar-refractivity contribution in [3.8, 4) is 0 Å². The van der Waals surface area contributed by atoms with Gasteiger partial charge in [0.2, 0.25) is 6.04 Å². The minimum absolute atomic E-state index is 0.112. The molecule has 1 atom stereocenters. The summed E-state index contributed by atoms with van der Waals surface area (Å²) < 4.78 is 10.7. The van der Waals surface area contributed by atoms with Crippen LogP contribution in [0.3, 0.4) is 0 Å². The lowest BCUT2D eigenvalue weighted by atomic mass is 9.75. The van der Waals surface area contributed by atoms with Crippen LogP contribution in [0.4, 0.5) is 0 Å². The first-order chi connectivity index (χ1) is 12.7. The highest BCUT2D eigenvalue weighted by Gasteiger charge is 2.58. The van der Waals surface area contributed by atoms with Gasteiger partial charge in [0.15, 0.2) is 5.41 Å². The smallest absolute Gasteiger partial charge is 0.327 e. The average Bonchev–Trinajstić information content (AvgIpc) is 2.60. The Hall–Kier alpha value is -2.44. The van der Waals surface area contributed by atoms with Crippen molar-refractivity contribution < 1.29 is 24.0 Å². The quantitative estimate of drug-likeness (QED) is 0.282. The van der Waals surface area contributed by atoms with Crippen molar-refractivity contribution in [2.24, 2.45) is 5.41 Å². The molecule has 7 heteroatoms. The Bertz CT molecular complexity index is 665. The van der Waals surface area contributed by atoms with Crippen molar-refractivity contribution in [1.29, 1.82) is 0 Å². The number of hydrogen-bond donors (Lipinski definition) is 0. The molecule has 1 aliphatic rings. The fourth-order valence-electron chi connectivity index (χ4n) is 3.35. The lowest BCUT2D eigenvalue weighted by molar-refractivity contribution is -0.526. The van der Waals surface area contributed by atoms with Crippen molar-refractivity contribution in [3.63, 3.8) is 0 Å². The van der Waals surface area contributed by atoms with Crippen LogP contribution in [0, 0.1) is 15.5 Å². The molecule has 0 radical (unpaired) electrons. The maximum atomic E-state index is 12.8. The fourth-order valence-corrected chi connectivity index (χ4v) is 3.35. The van der Waals surface area contributed by atoms with E-state index in [0.717, 1.165) is 12.0 Å². The Morgan fingerprint density at radius 2 is 1.70 bits per heavy atom. The molecule has 1 aliphatic heterocycles. The number of benzene rings is 1. The van der Waals surface area contributed by atoms with Crippen LogP contribution in [0.15, 0.2) is 30.3 Å². The van der Waals surface area contributed by atoms with Gasteiger partial charge in [-0.25, -0.2) is 0 Å². The molecular weight excluding hydrogens is 350 g/mol. The highest BCUT2D eigenvalue weighted by Crippen LogP contribution is 2.41. The number of carbonyl (C=O) groups is 2. The van der Waals surface area contributed by atoms with E-state index in [-0.39, 0.29) is 12.8 Å². The zero-order chi connectivity index (χ0) is 20.1. The zero-order valence-corrected chi connectivity index (χ0v) is 16.1. The number of rotatable bonds is 9. The van der Waals surface area contributed by atoms with E-state index in [0.29, 0.717) is 19.3 Å². The monoisotopic (exact) mass is 377 g/mol. The maximum absolute atomic E-state index is 12.8. The summed E-state index contributed by atoms with van der Waals surface area (Å²) in [7, 11) is 0. The van der Waals surface area contributed by atoms with Crippen molar-refractivity contribution in [2.75, 3.05) is 0 Å². The summed E-state index contributed by atoms with van der Waals surface area (Å²) in [5.41, 5.74) is -0.717. The molecule has 0 amide bonds. The summed E-state index contributed by atoms with van der Waals surface area (Å²) in [6.45, 7) is 4.89. The van der Waals surface area contributed by atoms with Gasteiger partial charge in [-0.1, -0.05) is 43.7 Å². The topological polar surface area (TPSA) is 95.7 Å². The molecule has 0 aliphatic carbocycles. The molecule has 1 heterocycles. The van der Waals surface area contributed by atoms with Gasteiger partial charge in [-0.15, -0.1) is 0 Å². The van der Waals surface area contributed by atoms with Gasteiger partial charge in [0.1, 0.15) is 0 Å². The van der Waals surface area contributed by atoms with Gasteiger partial charge >= 0.3 is 11.9 Å². The lowest BCUT2D eigenvalue weighted by Crippen LogP contribution is -2.55. The second kappa shape index (κ2) is 8.50. The molecule has 27 heavy (non-hydrogen) atoms. The van der Waals surface area contributed by atoms with E-state index >= 15 is 0 Å². The number of ether oxygens (including phenoxy) is 2. The first-order valence-electron chi connectivity index (χ1n) is 9.34. The van der Waals surface area contributed by atoms with Crippen LogP contribution in [0.5, 0.6) is 0 Å². The minimum atomic E-state index is -1.66. The van der Waals surface area contributed by atoms with Gasteiger partial charge in [-0.2, -0.15) is 0 Å². The molecule has 1 aromatic rings. The molecular formula is C20H27NO6. The second-order valence-electron chi connectivity index (χ2n) is 7.53. The van der Waals surface area contributed by atoms with Gasteiger partial charge in [0, 0.05) is 31.6 Å². The number of esters is 2. The summed E-state index contributed by atoms with van der Waals surface area (Å²) in [5.74, 6) is -2.83. The fraction of sp³-hybridized carbons (Fsp3) is 0.600. The van der Waals surface area contributed by atoms with Crippen molar-refractivity contribution in [3.05, 3.63) is 46.0 Å². The van der Waals surface area contributed by atoms with E-state index in [1.807, 2.05) is 37.3 Å². The Morgan fingerprint density at radius 3 is 2.22 bits per heavy atom. The van der Waals surface area contributed by atoms with Crippen LogP contribution >= 0.6 is 0 Å². The third-order valence-corrected chi connectivity index (χ3v) is 4.91. The van der Waals surface area contributed by atoms with Crippen LogP contribution < -0.4 is 0 Å². The van der Waals surface area contributed by atoms with Gasteiger partial charge in [-0.05, 0) is 24.8 Å². The number of nitro groups is 1. The Kier molecular flexibility index (Phi) is 6.57. The van der Waals surface area contributed by atoms with Crippen LogP contribution in [0.1, 0.15) is 58.4 Å². The normalized spacial score (nSPS) is 19.1. The molecule has 148 valence electrons. The Morgan fingerprint density at radius 1 is 1.11 bits per heavy atom. The molecule has 0 bridgehead atoms. The van der Waals surface area contributed by atoms with Crippen LogP contribution in [0.25, 0.3) is 0 Å². The molecule has 1 fully saturated rings. The second-order valence-corrected chi connectivity index (χ2v) is 7.53. The van der Waals surface area contributed by atoms with Crippen molar-refractivity contribution >= 4 is 11.9 Å². The standard InChI is InChI=1S/C20H27NO6/c1-4-5-11-16(21(24)25)14-20(13-12-15-9-7-6-8-10-15)17(22)26-19(2,3)27-18(20)23/h6-10,16H,4-5,11-14H2,1-3H3/t16-/m0/s1. The summed E-state index contributed by atoms with van der Waals surface area (Å²) in [5, 5.41) is 11.5. The summed E-state index contributed by atoms with van der Waals surface area (Å²) in [4.78, 5) is 36.8. The summed E-state index contributed by atoms with van der Waals surface area (Å²) in [6.07, 6.45) is 2.07. The third-order valence-electron chi connectivity index (χ3n) is 4.91. The minimum Gasteiger partial charge on any atom is -0.422 e. The lowest BCUT2D eigenvalue weighted by Gasteiger charge is -2.40. The highest BCUT2D eigenvalue weighted by atomic mass is 16.7.